The Morgan fingerprint density at radius 2 is 2.11 bits per heavy atom. The third kappa shape index (κ3) is 3.55. The highest BCUT2D eigenvalue weighted by Gasteiger charge is 2.10. The van der Waals surface area contributed by atoms with E-state index in [1.54, 1.807) is 11.3 Å². The van der Waals surface area contributed by atoms with E-state index in [4.69, 9.17) is 5.73 Å². The minimum Gasteiger partial charge on any atom is -0.398 e. The Morgan fingerprint density at radius 3 is 2.74 bits per heavy atom. The summed E-state index contributed by atoms with van der Waals surface area (Å²) in [6, 6.07) is 2.16. The Labute approximate surface area is 126 Å². The molecule has 0 aliphatic heterocycles. The quantitative estimate of drug-likeness (QED) is 0.922. The third-order valence-electron chi connectivity index (χ3n) is 3.14. The van der Waals surface area contributed by atoms with Crippen LogP contribution in [-0.2, 0) is 13.1 Å². The highest BCUT2D eigenvalue weighted by atomic mass is 79.9. The minimum absolute atomic E-state index is 0.811. The van der Waals surface area contributed by atoms with Crippen LogP contribution in [0.5, 0.6) is 0 Å². The standard InChI is InChI=1S/C14H18BrN3S/c1-9-5-17-13(10(2)14(9)16)7-18(3)6-12-4-11(15)8-19-12/h4-5,8H,6-7H2,1-3H3,(H2,16,17). The maximum absolute atomic E-state index is 6.05. The van der Waals surface area contributed by atoms with E-state index in [1.165, 1.54) is 4.88 Å². The molecule has 19 heavy (non-hydrogen) atoms. The summed E-state index contributed by atoms with van der Waals surface area (Å²) in [6.07, 6.45) is 1.85. The lowest BCUT2D eigenvalue weighted by molar-refractivity contribution is 0.317. The zero-order valence-corrected chi connectivity index (χ0v) is 13.8. The number of hydrogen-bond donors (Lipinski definition) is 1. The smallest absolute Gasteiger partial charge is 0.0593 e. The number of nitrogens with two attached hydrogens (primary N) is 1. The van der Waals surface area contributed by atoms with Crippen LogP contribution >= 0.6 is 27.3 Å². The molecule has 2 N–H and O–H groups in total. The Balaban J connectivity index is 2.07. The van der Waals surface area contributed by atoms with Crippen molar-refractivity contribution in [2.24, 2.45) is 0 Å². The number of aromatic nitrogens is 1. The van der Waals surface area contributed by atoms with Crippen molar-refractivity contribution in [3.63, 3.8) is 0 Å². The van der Waals surface area contributed by atoms with Crippen molar-refractivity contribution < 1.29 is 0 Å². The van der Waals surface area contributed by atoms with Crippen molar-refractivity contribution in [2.45, 2.75) is 26.9 Å². The summed E-state index contributed by atoms with van der Waals surface area (Å²) in [7, 11) is 2.10. The zero-order chi connectivity index (χ0) is 14.0. The van der Waals surface area contributed by atoms with Gasteiger partial charge in [0.2, 0.25) is 0 Å². The molecule has 0 aliphatic carbocycles. The summed E-state index contributed by atoms with van der Waals surface area (Å²) in [6.45, 7) is 5.77. The molecule has 0 saturated heterocycles. The largest absolute Gasteiger partial charge is 0.398 e. The van der Waals surface area contributed by atoms with Gasteiger partial charge >= 0.3 is 0 Å². The Morgan fingerprint density at radius 1 is 1.37 bits per heavy atom. The summed E-state index contributed by atoms with van der Waals surface area (Å²) in [5.74, 6) is 0. The topological polar surface area (TPSA) is 42.2 Å². The van der Waals surface area contributed by atoms with E-state index in [9.17, 15) is 0 Å². The SMILES string of the molecule is Cc1cnc(CN(C)Cc2cc(Br)cs2)c(C)c1N. The molecular weight excluding hydrogens is 322 g/mol. The van der Waals surface area contributed by atoms with E-state index in [-0.39, 0.29) is 0 Å². The summed E-state index contributed by atoms with van der Waals surface area (Å²) in [4.78, 5) is 8.09. The molecule has 0 bridgehead atoms. The van der Waals surface area contributed by atoms with Gasteiger partial charge in [0, 0.05) is 39.7 Å². The predicted molar refractivity (Wildman–Crippen MR) is 85.3 cm³/mol. The van der Waals surface area contributed by atoms with Crippen LogP contribution in [0, 0.1) is 13.8 Å². The molecule has 2 aromatic rings. The fourth-order valence-corrected chi connectivity index (χ4v) is 3.50. The van der Waals surface area contributed by atoms with Crippen LogP contribution in [0.3, 0.4) is 0 Å². The molecule has 0 amide bonds. The molecule has 2 rings (SSSR count). The number of nitrogens with zero attached hydrogens (tertiary/aromatic N) is 2. The molecule has 2 heterocycles. The molecule has 0 saturated carbocycles. The fraction of sp³-hybridized carbons (Fsp3) is 0.357. The average Bonchev–Trinajstić information content (AvgIpc) is 2.75. The molecule has 0 aliphatic rings. The number of pyridine rings is 1. The summed E-state index contributed by atoms with van der Waals surface area (Å²) in [5, 5.41) is 2.11. The maximum Gasteiger partial charge on any atom is 0.0593 e. The molecule has 0 spiro atoms. The molecule has 0 atom stereocenters. The lowest BCUT2D eigenvalue weighted by Gasteiger charge is -2.17. The maximum atomic E-state index is 6.05. The van der Waals surface area contributed by atoms with Crippen LogP contribution in [0.2, 0.25) is 0 Å². The molecule has 2 aromatic heterocycles. The van der Waals surface area contributed by atoms with Crippen molar-refractivity contribution >= 4 is 33.0 Å². The molecule has 102 valence electrons. The van der Waals surface area contributed by atoms with Crippen molar-refractivity contribution in [2.75, 3.05) is 12.8 Å². The minimum atomic E-state index is 0.811. The summed E-state index contributed by atoms with van der Waals surface area (Å²) >= 11 is 5.25. The second kappa shape index (κ2) is 6.03. The van der Waals surface area contributed by atoms with E-state index in [2.05, 4.69) is 44.3 Å². The normalized spacial score (nSPS) is 11.2. The first-order valence-corrected chi connectivity index (χ1v) is 7.76. The second-order valence-electron chi connectivity index (χ2n) is 4.83. The van der Waals surface area contributed by atoms with E-state index in [0.29, 0.717) is 0 Å². The van der Waals surface area contributed by atoms with Gasteiger partial charge in [0.05, 0.1) is 5.69 Å². The van der Waals surface area contributed by atoms with Crippen LogP contribution < -0.4 is 5.73 Å². The first kappa shape index (κ1) is 14.5. The number of rotatable bonds is 4. The van der Waals surface area contributed by atoms with Gasteiger partial charge in [-0.15, -0.1) is 11.3 Å². The van der Waals surface area contributed by atoms with E-state index >= 15 is 0 Å². The Bertz CT molecular complexity index is 580. The van der Waals surface area contributed by atoms with Crippen LogP contribution in [-0.4, -0.2) is 16.9 Å². The van der Waals surface area contributed by atoms with E-state index < -0.39 is 0 Å². The zero-order valence-electron chi connectivity index (χ0n) is 11.4. The molecule has 0 fully saturated rings. The molecule has 0 unspecified atom stereocenters. The highest BCUT2D eigenvalue weighted by molar-refractivity contribution is 9.10. The van der Waals surface area contributed by atoms with Gasteiger partial charge < -0.3 is 5.73 Å². The van der Waals surface area contributed by atoms with Gasteiger partial charge in [0.25, 0.3) is 0 Å². The average molecular weight is 340 g/mol. The van der Waals surface area contributed by atoms with Gasteiger partial charge in [-0.25, -0.2) is 0 Å². The van der Waals surface area contributed by atoms with Gasteiger partial charge in [-0.05, 0) is 54.0 Å². The van der Waals surface area contributed by atoms with Crippen LogP contribution in [0.1, 0.15) is 21.7 Å². The van der Waals surface area contributed by atoms with Crippen molar-refractivity contribution in [1.82, 2.24) is 9.88 Å². The number of nitrogen functional groups attached to an aromatic ring is 1. The number of halogens is 1. The first-order chi connectivity index (χ1) is 8.97. The van der Waals surface area contributed by atoms with Crippen LogP contribution in [0.4, 0.5) is 5.69 Å². The van der Waals surface area contributed by atoms with Gasteiger partial charge in [-0.3, -0.25) is 9.88 Å². The second-order valence-corrected chi connectivity index (χ2v) is 6.74. The molecule has 3 nitrogen and oxygen atoms in total. The fourth-order valence-electron chi connectivity index (χ4n) is 1.97. The van der Waals surface area contributed by atoms with Gasteiger partial charge in [-0.1, -0.05) is 0 Å². The van der Waals surface area contributed by atoms with E-state index in [1.807, 2.05) is 20.0 Å². The Hall–Kier alpha value is -0.910. The lowest BCUT2D eigenvalue weighted by Crippen LogP contribution is -2.18. The third-order valence-corrected chi connectivity index (χ3v) is 4.83. The van der Waals surface area contributed by atoms with Gasteiger partial charge in [0.1, 0.15) is 0 Å². The summed E-state index contributed by atoms with van der Waals surface area (Å²) < 4.78 is 1.15. The molecule has 0 aromatic carbocycles. The Kier molecular flexibility index (Phi) is 4.60. The molecule has 5 heteroatoms. The number of aryl methyl sites for hydroxylation is 1. The van der Waals surface area contributed by atoms with Crippen molar-refractivity contribution in [3.05, 3.63) is 43.8 Å². The number of anilines is 1. The molecular formula is C14H18BrN3S. The number of hydrogen-bond acceptors (Lipinski definition) is 4. The van der Waals surface area contributed by atoms with Gasteiger partial charge in [-0.2, -0.15) is 0 Å². The predicted octanol–water partition coefficient (Wildman–Crippen LogP) is 3.74. The van der Waals surface area contributed by atoms with E-state index in [0.717, 1.165) is 40.1 Å². The summed E-state index contributed by atoms with van der Waals surface area (Å²) in [5.41, 5.74) is 10.1. The monoisotopic (exact) mass is 339 g/mol. The van der Waals surface area contributed by atoms with Crippen LogP contribution in [0.15, 0.2) is 22.1 Å². The van der Waals surface area contributed by atoms with Crippen molar-refractivity contribution in [3.8, 4) is 0 Å². The number of thiophene rings is 1. The first-order valence-electron chi connectivity index (χ1n) is 6.09. The highest BCUT2D eigenvalue weighted by Crippen LogP contribution is 2.22. The molecule has 0 radical (unpaired) electrons. The van der Waals surface area contributed by atoms with Gasteiger partial charge in [0.15, 0.2) is 0 Å². The lowest BCUT2D eigenvalue weighted by atomic mass is 10.1. The van der Waals surface area contributed by atoms with Crippen molar-refractivity contribution in [1.29, 1.82) is 0 Å². The van der Waals surface area contributed by atoms with Crippen LogP contribution in [0.25, 0.3) is 0 Å².